The number of fused-ring (bicyclic) bond motifs is 3. The van der Waals surface area contributed by atoms with E-state index in [4.69, 9.17) is 9.97 Å². The number of nitrogens with zero attached hydrogens (tertiary/aromatic N) is 2. The van der Waals surface area contributed by atoms with Crippen LogP contribution in [0.15, 0.2) is 72.8 Å². The smallest absolute Gasteiger partial charge is 0.139 e. The molecule has 0 spiro atoms. The first kappa shape index (κ1) is 12.4. The van der Waals surface area contributed by atoms with Gasteiger partial charge in [-0.1, -0.05) is 42.5 Å². The summed E-state index contributed by atoms with van der Waals surface area (Å²) in [7, 11) is 0. The van der Waals surface area contributed by atoms with E-state index < -0.39 is 0 Å². The molecule has 2 aromatic heterocycles. The number of pyridine rings is 1. The number of rotatable bonds is 1. The van der Waals surface area contributed by atoms with Gasteiger partial charge in [-0.25, -0.2) is 9.97 Å². The Labute approximate surface area is 132 Å². The average molecular weight is 295 g/mol. The molecule has 3 aromatic carbocycles. The van der Waals surface area contributed by atoms with Gasteiger partial charge >= 0.3 is 0 Å². The van der Waals surface area contributed by atoms with Gasteiger partial charge in [0.15, 0.2) is 0 Å². The number of para-hydroxylation sites is 3. The zero-order valence-electron chi connectivity index (χ0n) is 12.3. The minimum absolute atomic E-state index is 0.883. The van der Waals surface area contributed by atoms with E-state index in [-0.39, 0.29) is 0 Å². The summed E-state index contributed by atoms with van der Waals surface area (Å²) in [6.45, 7) is 0. The van der Waals surface area contributed by atoms with E-state index in [0.29, 0.717) is 0 Å². The fourth-order valence-electron chi connectivity index (χ4n) is 3.09. The largest absolute Gasteiger partial charge is 0.338 e. The molecule has 0 radical (unpaired) electrons. The van der Waals surface area contributed by atoms with Crippen LogP contribution in [-0.2, 0) is 0 Å². The third kappa shape index (κ3) is 1.90. The van der Waals surface area contributed by atoms with E-state index in [1.165, 1.54) is 0 Å². The van der Waals surface area contributed by atoms with Gasteiger partial charge in [0.05, 0.1) is 22.1 Å². The standard InChI is InChI=1S/C20H13N3/c1-2-8-16-13(6-1)12-15-14(7-5-11-17(15)21-16)20-22-18-9-3-4-10-19(18)23-20/h1-12H,(H,22,23). The summed E-state index contributed by atoms with van der Waals surface area (Å²) >= 11 is 0. The van der Waals surface area contributed by atoms with Gasteiger partial charge in [0.2, 0.25) is 0 Å². The third-order valence-electron chi connectivity index (χ3n) is 4.21. The lowest BCUT2D eigenvalue weighted by Gasteiger charge is -2.05. The summed E-state index contributed by atoms with van der Waals surface area (Å²) in [6, 6.07) is 24.7. The second kappa shape index (κ2) is 4.65. The number of imidazole rings is 1. The molecule has 2 heterocycles. The fourth-order valence-corrected chi connectivity index (χ4v) is 3.09. The van der Waals surface area contributed by atoms with Crippen molar-refractivity contribution in [2.45, 2.75) is 0 Å². The zero-order chi connectivity index (χ0) is 15.2. The maximum Gasteiger partial charge on any atom is 0.139 e. The molecule has 1 N–H and O–H groups in total. The first-order valence-corrected chi connectivity index (χ1v) is 7.62. The molecule has 3 nitrogen and oxygen atoms in total. The minimum Gasteiger partial charge on any atom is -0.338 e. The van der Waals surface area contributed by atoms with Crippen LogP contribution in [-0.4, -0.2) is 15.0 Å². The molecule has 3 heteroatoms. The van der Waals surface area contributed by atoms with Gasteiger partial charge in [-0.15, -0.1) is 0 Å². The van der Waals surface area contributed by atoms with Crippen molar-refractivity contribution in [1.29, 1.82) is 0 Å². The quantitative estimate of drug-likeness (QED) is 0.445. The molecular formula is C20H13N3. The van der Waals surface area contributed by atoms with E-state index in [2.05, 4.69) is 23.2 Å². The lowest BCUT2D eigenvalue weighted by atomic mass is 10.1. The van der Waals surface area contributed by atoms with Crippen molar-refractivity contribution in [3.05, 3.63) is 72.8 Å². The Morgan fingerprint density at radius 2 is 1.43 bits per heavy atom. The number of aromatic amines is 1. The van der Waals surface area contributed by atoms with Crippen molar-refractivity contribution < 1.29 is 0 Å². The maximum atomic E-state index is 4.78. The Morgan fingerprint density at radius 3 is 2.35 bits per heavy atom. The highest BCUT2D eigenvalue weighted by atomic mass is 14.9. The molecule has 0 aliphatic rings. The molecule has 0 saturated heterocycles. The van der Waals surface area contributed by atoms with Crippen molar-refractivity contribution in [3.63, 3.8) is 0 Å². The van der Waals surface area contributed by atoms with Crippen LogP contribution in [0.4, 0.5) is 0 Å². The maximum absolute atomic E-state index is 4.78. The van der Waals surface area contributed by atoms with E-state index in [1.807, 2.05) is 54.6 Å². The van der Waals surface area contributed by atoms with Gasteiger partial charge < -0.3 is 4.98 Å². The van der Waals surface area contributed by atoms with Crippen LogP contribution >= 0.6 is 0 Å². The van der Waals surface area contributed by atoms with Crippen molar-refractivity contribution >= 4 is 32.8 Å². The normalized spacial score (nSPS) is 11.5. The van der Waals surface area contributed by atoms with Gasteiger partial charge in [-0.3, -0.25) is 0 Å². The Kier molecular flexibility index (Phi) is 2.50. The molecule has 0 atom stereocenters. The molecule has 0 unspecified atom stereocenters. The second-order valence-electron chi connectivity index (χ2n) is 5.66. The third-order valence-corrected chi connectivity index (χ3v) is 4.21. The Hall–Kier alpha value is -3.20. The number of aromatic nitrogens is 3. The molecule has 0 saturated carbocycles. The van der Waals surface area contributed by atoms with E-state index in [1.54, 1.807) is 0 Å². The first-order valence-electron chi connectivity index (χ1n) is 7.62. The lowest BCUT2D eigenvalue weighted by molar-refractivity contribution is 1.34. The first-order chi connectivity index (χ1) is 11.4. The molecule has 0 aliphatic heterocycles. The number of benzene rings is 3. The summed E-state index contributed by atoms with van der Waals surface area (Å²) in [5, 5.41) is 2.26. The van der Waals surface area contributed by atoms with Crippen LogP contribution in [0.3, 0.4) is 0 Å². The number of hydrogen-bond donors (Lipinski definition) is 1. The number of nitrogens with one attached hydrogen (secondary N) is 1. The summed E-state index contributed by atoms with van der Waals surface area (Å²) in [4.78, 5) is 12.9. The lowest BCUT2D eigenvalue weighted by Crippen LogP contribution is -1.87. The molecule has 23 heavy (non-hydrogen) atoms. The summed E-state index contributed by atoms with van der Waals surface area (Å²) in [6.07, 6.45) is 0. The van der Waals surface area contributed by atoms with Gasteiger partial charge in [0, 0.05) is 16.3 Å². The van der Waals surface area contributed by atoms with E-state index >= 15 is 0 Å². The highest BCUT2D eigenvalue weighted by Crippen LogP contribution is 2.29. The van der Waals surface area contributed by atoms with Crippen LogP contribution in [0, 0.1) is 0 Å². The molecule has 0 bridgehead atoms. The predicted octanol–water partition coefficient (Wildman–Crippen LogP) is 4.93. The molecule has 108 valence electrons. The van der Waals surface area contributed by atoms with Crippen LogP contribution in [0.1, 0.15) is 0 Å². The highest BCUT2D eigenvalue weighted by Gasteiger charge is 2.10. The summed E-state index contributed by atoms with van der Waals surface area (Å²) < 4.78 is 0. The molecule has 0 amide bonds. The molecular weight excluding hydrogens is 282 g/mol. The van der Waals surface area contributed by atoms with Crippen LogP contribution in [0.25, 0.3) is 44.2 Å². The van der Waals surface area contributed by atoms with Crippen LogP contribution < -0.4 is 0 Å². The SMILES string of the molecule is c1ccc2nc3cccc(-c4nc5ccccc5[nH]4)c3cc2c1. The fraction of sp³-hybridized carbons (Fsp3) is 0. The van der Waals surface area contributed by atoms with Gasteiger partial charge in [0.1, 0.15) is 5.82 Å². The minimum atomic E-state index is 0.883. The van der Waals surface area contributed by atoms with Gasteiger partial charge in [0.25, 0.3) is 0 Å². The van der Waals surface area contributed by atoms with Crippen molar-refractivity contribution in [2.24, 2.45) is 0 Å². The highest BCUT2D eigenvalue weighted by molar-refractivity contribution is 6.00. The molecule has 0 aliphatic carbocycles. The van der Waals surface area contributed by atoms with Crippen molar-refractivity contribution in [1.82, 2.24) is 15.0 Å². The monoisotopic (exact) mass is 295 g/mol. The average Bonchev–Trinajstić information content (AvgIpc) is 3.03. The Bertz CT molecular complexity index is 1140. The Morgan fingerprint density at radius 1 is 0.652 bits per heavy atom. The van der Waals surface area contributed by atoms with Gasteiger partial charge in [-0.2, -0.15) is 0 Å². The molecule has 5 rings (SSSR count). The number of hydrogen-bond acceptors (Lipinski definition) is 2. The molecule has 0 fully saturated rings. The van der Waals surface area contributed by atoms with E-state index in [9.17, 15) is 0 Å². The van der Waals surface area contributed by atoms with E-state index in [0.717, 1.165) is 44.2 Å². The second-order valence-corrected chi connectivity index (χ2v) is 5.66. The molecule has 5 aromatic rings. The Balaban J connectivity index is 1.84. The van der Waals surface area contributed by atoms with Crippen molar-refractivity contribution in [3.8, 4) is 11.4 Å². The summed E-state index contributed by atoms with van der Waals surface area (Å²) in [5.41, 5.74) is 5.11. The topological polar surface area (TPSA) is 41.6 Å². The van der Waals surface area contributed by atoms with Gasteiger partial charge in [-0.05, 0) is 30.3 Å². The summed E-state index contributed by atoms with van der Waals surface area (Å²) in [5.74, 6) is 0.883. The zero-order valence-corrected chi connectivity index (χ0v) is 12.3. The number of H-pyrrole nitrogens is 1. The van der Waals surface area contributed by atoms with Crippen LogP contribution in [0.2, 0.25) is 0 Å². The van der Waals surface area contributed by atoms with Crippen molar-refractivity contribution in [2.75, 3.05) is 0 Å². The predicted molar refractivity (Wildman–Crippen MR) is 94.3 cm³/mol. The van der Waals surface area contributed by atoms with Crippen LogP contribution in [0.5, 0.6) is 0 Å².